The van der Waals surface area contributed by atoms with Gasteiger partial charge in [0.2, 0.25) is 5.91 Å². The van der Waals surface area contributed by atoms with E-state index in [1.807, 2.05) is 0 Å². The van der Waals surface area contributed by atoms with E-state index in [1.54, 1.807) is 4.90 Å². The molecule has 0 aromatic heterocycles. The predicted octanol–water partition coefficient (Wildman–Crippen LogP) is -0.449. The van der Waals surface area contributed by atoms with Crippen molar-refractivity contribution < 1.29 is 32.6 Å². The molecule has 0 spiro atoms. The third-order valence-electron chi connectivity index (χ3n) is 6.78. The van der Waals surface area contributed by atoms with Gasteiger partial charge in [0, 0.05) is 32.1 Å². The second-order valence-electron chi connectivity index (χ2n) is 9.09. The molecule has 1 aliphatic carbocycles. The van der Waals surface area contributed by atoms with Crippen LogP contribution in [0.25, 0.3) is 0 Å². The number of amides is 3. The average Bonchev–Trinajstić information content (AvgIpc) is 3.25. The molecule has 0 aromatic rings. The van der Waals surface area contributed by atoms with Gasteiger partial charge in [-0.2, -0.15) is 0 Å². The lowest BCUT2D eigenvalue weighted by Crippen LogP contribution is -2.47. The van der Waals surface area contributed by atoms with E-state index >= 15 is 0 Å². The van der Waals surface area contributed by atoms with Crippen LogP contribution in [0.5, 0.6) is 0 Å². The average molecular weight is 460 g/mol. The summed E-state index contributed by atoms with van der Waals surface area (Å²) in [6.45, 7) is 0.634. The maximum Gasteiger partial charge on any atom is 0.315 e. The van der Waals surface area contributed by atoms with Crippen molar-refractivity contribution in [3.63, 3.8) is 0 Å². The molecule has 0 radical (unpaired) electrons. The Morgan fingerprint density at radius 2 is 1.77 bits per heavy atom. The fraction of sp³-hybridized carbons (Fsp3) is 0.900. The van der Waals surface area contributed by atoms with Crippen LogP contribution < -0.4 is 10.6 Å². The summed E-state index contributed by atoms with van der Waals surface area (Å²) >= 11 is 0. The van der Waals surface area contributed by atoms with E-state index in [0.717, 1.165) is 25.7 Å². The molecular weight excluding hydrogens is 426 g/mol. The molecule has 4 rings (SSSR count). The predicted molar refractivity (Wildman–Crippen MR) is 111 cm³/mol. The molecule has 176 valence electrons. The summed E-state index contributed by atoms with van der Waals surface area (Å²) in [6.07, 6.45) is 3.51. The molecule has 3 amide bonds. The SMILES string of the molecule is O=C(NC[C@H]1O[C@@H]2C[C@@H](CC(=O)N3CCS(=O)(=O)CC3)O[C@@H]2[C@@H]1O)NC1CCCCC1. The van der Waals surface area contributed by atoms with Gasteiger partial charge in [0.15, 0.2) is 9.84 Å². The lowest BCUT2D eigenvalue weighted by Gasteiger charge is -2.28. The molecule has 11 heteroatoms. The van der Waals surface area contributed by atoms with Crippen molar-refractivity contribution in [2.45, 2.75) is 81.5 Å². The largest absolute Gasteiger partial charge is 0.388 e. The quantitative estimate of drug-likeness (QED) is 0.507. The van der Waals surface area contributed by atoms with E-state index in [9.17, 15) is 23.1 Å². The van der Waals surface area contributed by atoms with Crippen LogP contribution in [0.2, 0.25) is 0 Å². The van der Waals surface area contributed by atoms with Gasteiger partial charge in [0.25, 0.3) is 0 Å². The van der Waals surface area contributed by atoms with Gasteiger partial charge in [-0.3, -0.25) is 4.79 Å². The Hall–Kier alpha value is -1.43. The number of urea groups is 1. The van der Waals surface area contributed by atoms with Crippen molar-refractivity contribution in [2.75, 3.05) is 31.1 Å². The first-order valence-electron chi connectivity index (χ1n) is 11.3. The fourth-order valence-corrected chi connectivity index (χ4v) is 6.17. The molecule has 0 aromatic carbocycles. The zero-order valence-electron chi connectivity index (χ0n) is 17.7. The van der Waals surface area contributed by atoms with Crippen LogP contribution in [-0.4, -0.2) is 98.1 Å². The zero-order valence-corrected chi connectivity index (χ0v) is 18.5. The topological polar surface area (TPSA) is 134 Å². The van der Waals surface area contributed by atoms with Crippen LogP contribution in [-0.2, 0) is 24.1 Å². The highest BCUT2D eigenvalue weighted by Gasteiger charge is 2.50. The molecule has 10 nitrogen and oxygen atoms in total. The van der Waals surface area contributed by atoms with Crippen LogP contribution in [0.15, 0.2) is 0 Å². The molecular formula is C20H33N3O7S. The molecule has 1 saturated carbocycles. The number of nitrogens with one attached hydrogen (secondary N) is 2. The summed E-state index contributed by atoms with van der Waals surface area (Å²) in [5.41, 5.74) is 0. The molecule has 0 unspecified atom stereocenters. The Morgan fingerprint density at radius 1 is 1.06 bits per heavy atom. The summed E-state index contributed by atoms with van der Waals surface area (Å²) in [7, 11) is -3.04. The van der Waals surface area contributed by atoms with Crippen molar-refractivity contribution in [2.24, 2.45) is 0 Å². The molecule has 4 fully saturated rings. The number of sulfone groups is 1. The lowest BCUT2D eigenvalue weighted by atomic mass is 9.96. The summed E-state index contributed by atoms with van der Waals surface area (Å²) in [4.78, 5) is 26.1. The molecule has 3 saturated heterocycles. The van der Waals surface area contributed by atoms with Crippen molar-refractivity contribution >= 4 is 21.8 Å². The number of hydrogen-bond donors (Lipinski definition) is 3. The first kappa shape index (κ1) is 22.8. The van der Waals surface area contributed by atoms with Gasteiger partial charge in [0.05, 0.1) is 30.1 Å². The van der Waals surface area contributed by atoms with Crippen LogP contribution in [0.1, 0.15) is 44.9 Å². The van der Waals surface area contributed by atoms with Crippen molar-refractivity contribution in [1.29, 1.82) is 0 Å². The Kier molecular flexibility index (Phi) is 7.04. The van der Waals surface area contributed by atoms with E-state index < -0.39 is 28.1 Å². The van der Waals surface area contributed by atoms with Gasteiger partial charge in [0.1, 0.15) is 18.3 Å². The third kappa shape index (κ3) is 5.68. The molecule has 31 heavy (non-hydrogen) atoms. The molecule has 3 heterocycles. The maximum atomic E-state index is 12.5. The van der Waals surface area contributed by atoms with E-state index in [1.165, 1.54) is 6.42 Å². The minimum Gasteiger partial charge on any atom is -0.388 e. The number of rotatable bonds is 5. The number of hydrogen-bond acceptors (Lipinski definition) is 7. The highest BCUT2D eigenvalue weighted by Crippen LogP contribution is 2.35. The number of aliphatic hydroxyl groups excluding tert-OH is 1. The summed E-state index contributed by atoms with van der Waals surface area (Å²) in [5, 5.41) is 16.3. The summed E-state index contributed by atoms with van der Waals surface area (Å²) in [5.74, 6) is -0.132. The Labute approximate surface area is 182 Å². The van der Waals surface area contributed by atoms with E-state index in [4.69, 9.17) is 9.47 Å². The van der Waals surface area contributed by atoms with Crippen molar-refractivity contribution in [3.05, 3.63) is 0 Å². The van der Waals surface area contributed by atoms with Gasteiger partial charge in [-0.15, -0.1) is 0 Å². The number of aliphatic hydroxyl groups is 1. The number of ether oxygens (including phenoxy) is 2. The fourth-order valence-electron chi connectivity index (χ4n) is 4.97. The number of fused-ring (bicyclic) bond motifs is 1. The second-order valence-corrected chi connectivity index (χ2v) is 11.4. The highest BCUT2D eigenvalue weighted by molar-refractivity contribution is 7.91. The Balaban J connectivity index is 1.18. The van der Waals surface area contributed by atoms with Crippen molar-refractivity contribution in [3.8, 4) is 0 Å². The van der Waals surface area contributed by atoms with Crippen LogP contribution in [0.3, 0.4) is 0 Å². The van der Waals surface area contributed by atoms with Crippen LogP contribution in [0, 0.1) is 0 Å². The molecule has 5 atom stereocenters. The van der Waals surface area contributed by atoms with Crippen LogP contribution in [0.4, 0.5) is 4.79 Å². The molecule has 0 bridgehead atoms. The second kappa shape index (κ2) is 9.60. The normalized spacial score (nSPS) is 35.5. The number of carbonyl (C=O) groups excluding carboxylic acids is 2. The Bertz CT molecular complexity index is 757. The lowest BCUT2D eigenvalue weighted by molar-refractivity contribution is -0.134. The standard InChI is InChI=1S/C20H33N3O7S/c24-17(23-6-8-31(27,28)9-7-23)11-14-10-15-19(29-14)18(25)16(30-15)12-21-20(26)22-13-4-2-1-3-5-13/h13-16,18-19,25H,1-12H2,(H2,21,22,26)/t14-,15+,16+,18+,19-/m0/s1. The monoisotopic (exact) mass is 459 g/mol. The minimum atomic E-state index is -3.04. The first-order valence-corrected chi connectivity index (χ1v) is 13.1. The Morgan fingerprint density at radius 3 is 2.45 bits per heavy atom. The van der Waals surface area contributed by atoms with Gasteiger partial charge < -0.3 is 30.1 Å². The van der Waals surface area contributed by atoms with E-state index in [-0.39, 0.29) is 67.7 Å². The van der Waals surface area contributed by atoms with Crippen LogP contribution >= 0.6 is 0 Å². The highest BCUT2D eigenvalue weighted by atomic mass is 32.2. The molecule has 3 aliphatic heterocycles. The van der Waals surface area contributed by atoms with Gasteiger partial charge in [-0.1, -0.05) is 19.3 Å². The van der Waals surface area contributed by atoms with E-state index in [0.29, 0.717) is 6.42 Å². The molecule has 3 N–H and O–H groups in total. The number of carbonyl (C=O) groups is 2. The smallest absolute Gasteiger partial charge is 0.315 e. The number of nitrogens with zero attached hydrogens (tertiary/aromatic N) is 1. The minimum absolute atomic E-state index is 0.000340. The van der Waals surface area contributed by atoms with Gasteiger partial charge in [-0.05, 0) is 12.8 Å². The zero-order chi connectivity index (χ0) is 22.0. The maximum absolute atomic E-state index is 12.5. The summed E-state index contributed by atoms with van der Waals surface area (Å²) in [6, 6.07) is -0.0307. The van der Waals surface area contributed by atoms with Gasteiger partial charge in [-0.25, -0.2) is 13.2 Å². The van der Waals surface area contributed by atoms with Gasteiger partial charge >= 0.3 is 6.03 Å². The first-order chi connectivity index (χ1) is 14.8. The third-order valence-corrected chi connectivity index (χ3v) is 8.39. The summed E-state index contributed by atoms with van der Waals surface area (Å²) < 4.78 is 34.8. The van der Waals surface area contributed by atoms with Crippen molar-refractivity contribution in [1.82, 2.24) is 15.5 Å². The van der Waals surface area contributed by atoms with E-state index in [2.05, 4.69) is 10.6 Å². The molecule has 4 aliphatic rings.